The average Bonchev–Trinajstić information content (AvgIpc) is 3.11. The number of aromatic nitrogens is 3. The van der Waals surface area contributed by atoms with Gasteiger partial charge in [-0.15, -0.1) is 10.2 Å². The highest BCUT2D eigenvalue weighted by Gasteiger charge is 2.14. The lowest BCUT2D eigenvalue weighted by molar-refractivity contribution is 1.09. The Bertz CT molecular complexity index is 1160. The van der Waals surface area contributed by atoms with Crippen molar-refractivity contribution in [1.82, 2.24) is 14.6 Å². The average molecular weight is 354 g/mol. The summed E-state index contributed by atoms with van der Waals surface area (Å²) in [5.41, 5.74) is 2.67. The fourth-order valence-electron chi connectivity index (χ4n) is 2.57. The van der Waals surface area contributed by atoms with Crippen molar-refractivity contribution < 1.29 is 0 Å². The summed E-state index contributed by atoms with van der Waals surface area (Å²) >= 11 is 7.49. The molecule has 4 rings (SSSR count). The van der Waals surface area contributed by atoms with Crippen molar-refractivity contribution in [3.05, 3.63) is 79.6 Å². The number of rotatable bonds is 2. The third-order valence-corrected chi connectivity index (χ3v) is 5.02. The fourth-order valence-corrected chi connectivity index (χ4v) is 3.66. The molecular weight excluding hydrogens is 342 g/mol. The Labute approximate surface area is 146 Å². The predicted molar refractivity (Wildman–Crippen MR) is 97.5 cm³/mol. The van der Waals surface area contributed by atoms with Gasteiger partial charge >= 0.3 is 0 Å². The number of hydrogen-bond acceptors (Lipinski definition) is 4. The zero-order valence-corrected chi connectivity index (χ0v) is 14.3. The Hall–Kier alpha value is -2.50. The van der Waals surface area contributed by atoms with Crippen LogP contribution in [0.15, 0.2) is 53.3 Å². The summed E-state index contributed by atoms with van der Waals surface area (Å²) in [5, 5.41) is 8.94. The summed E-state index contributed by atoms with van der Waals surface area (Å²) < 4.78 is 2.14. The van der Waals surface area contributed by atoms with Crippen molar-refractivity contribution >= 4 is 34.0 Å². The van der Waals surface area contributed by atoms with Gasteiger partial charge in [0, 0.05) is 10.6 Å². The van der Waals surface area contributed by atoms with Gasteiger partial charge in [0.2, 0.25) is 4.96 Å². The Morgan fingerprint density at radius 2 is 1.96 bits per heavy atom. The summed E-state index contributed by atoms with van der Waals surface area (Å²) in [6, 6.07) is 15.3. The van der Waals surface area contributed by atoms with Gasteiger partial charge in [0.1, 0.15) is 0 Å². The third-order valence-electron chi connectivity index (χ3n) is 3.72. The molecule has 0 radical (unpaired) electrons. The van der Waals surface area contributed by atoms with E-state index in [-0.39, 0.29) is 5.56 Å². The van der Waals surface area contributed by atoms with Crippen LogP contribution in [0.4, 0.5) is 0 Å². The van der Waals surface area contributed by atoms with Crippen molar-refractivity contribution in [3.63, 3.8) is 0 Å². The lowest BCUT2D eigenvalue weighted by Gasteiger charge is -1.98. The van der Waals surface area contributed by atoms with E-state index in [1.807, 2.05) is 49.4 Å². The van der Waals surface area contributed by atoms with Crippen LogP contribution in [-0.2, 0) is 0 Å². The minimum absolute atomic E-state index is 0.128. The van der Waals surface area contributed by atoms with E-state index in [4.69, 9.17) is 11.6 Å². The minimum Gasteiger partial charge on any atom is -0.267 e. The van der Waals surface area contributed by atoms with Gasteiger partial charge in [-0.25, -0.2) is 4.40 Å². The Kier molecular flexibility index (Phi) is 3.67. The first-order chi connectivity index (χ1) is 11.6. The number of benzene rings is 2. The number of fused-ring (bicyclic) bond motifs is 1. The van der Waals surface area contributed by atoms with E-state index in [2.05, 4.69) is 10.2 Å². The molecule has 0 fully saturated rings. The van der Waals surface area contributed by atoms with Crippen LogP contribution in [0.2, 0.25) is 5.02 Å². The Morgan fingerprint density at radius 1 is 1.12 bits per heavy atom. The summed E-state index contributed by atoms with van der Waals surface area (Å²) in [5.74, 6) is 0.564. The van der Waals surface area contributed by atoms with Gasteiger partial charge in [-0.2, -0.15) is 0 Å². The summed E-state index contributed by atoms with van der Waals surface area (Å²) in [7, 11) is 0. The van der Waals surface area contributed by atoms with Crippen LogP contribution < -0.4 is 10.1 Å². The van der Waals surface area contributed by atoms with E-state index in [0.717, 1.165) is 16.7 Å². The quantitative estimate of drug-likeness (QED) is 0.555. The van der Waals surface area contributed by atoms with Gasteiger partial charge in [0.25, 0.3) is 5.56 Å². The fraction of sp³-hybridized carbons (Fsp3) is 0.0556. The normalized spacial score (nSPS) is 12.2. The molecule has 2 heterocycles. The SMILES string of the molecule is Cc1cccc(-c2nnc3sc(=Cc4ccccc4Cl)c(=O)n23)c1. The van der Waals surface area contributed by atoms with E-state index >= 15 is 0 Å². The maximum absolute atomic E-state index is 12.8. The molecule has 2 aromatic carbocycles. The van der Waals surface area contributed by atoms with E-state index < -0.39 is 0 Å². The van der Waals surface area contributed by atoms with Crippen molar-refractivity contribution in [2.24, 2.45) is 0 Å². The first-order valence-corrected chi connectivity index (χ1v) is 8.54. The molecule has 6 heteroatoms. The van der Waals surface area contributed by atoms with Gasteiger partial charge in [-0.1, -0.05) is 64.9 Å². The van der Waals surface area contributed by atoms with Gasteiger partial charge in [0.15, 0.2) is 5.82 Å². The van der Waals surface area contributed by atoms with E-state index in [1.54, 1.807) is 16.5 Å². The number of thiazole rings is 1. The summed E-state index contributed by atoms with van der Waals surface area (Å²) in [4.78, 5) is 13.4. The molecule has 4 aromatic rings. The molecule has 0 saturated heterocycles. The van der Waals surface area contributed by atoms with Crippen LogP contribution in [0.25, 0.3) is 22.4 Å². The Morgan fingerprint density at radius 3 is 2.75 bits per heavy atom. The van der Waals surface area contributed by atoms with Crippen LogP contribution in [-0.4, -0.2) is 14.6 Å². The first-order valence-electron chi connectivity index (χ1n) is 7.35. The molecule has 0 aliphatic rings. The van der Waals surface area contributed by atoms with Crippen LogP contribution in [0, 0.1) is 6.92 Å². The zero-order valence-electron chi connectivity index (χ0n) is 12.7. The molecule has 0 amide bonds. The maximum Gasteiger partial charge on any atom is 0.276 e. The molecule has 2 aromatic heterocycles. The first kappa shape index (κ1) is 15.1. The molecule has 0 N–H and O–H groups in total. The number of halogens is 1. The summed E-state index contributed by atoms with van der Waals surface area (Å²) in [6.07, 6.45) is 1.80. The van der Waals surface area contributed by atoms with Gasteiger partial charge in [-0.05, 0) is 30.7 Å². The van der Waals surface area contributed by atoms with Crippen LogP contribution >= 0.6 is 22.9 Å². The van der Waals surface area contributed by atoms with E-state index in [1.165, 1.54) is 11.3 Å². The highest BCUT2D eigenvalue weighted by molar-refractivity contribution is 7.15. The second-order valence-corrected chi connectivity index (χ2v) is 6.86. The largest absolute Gasteiger partial charge is 0.276 e. The van der Waals surface area contributed by atoms with E-state index in [9.17, 15) is 4.79 Å². The summed E-state index contributed by atoms with van der Waals surface area (Å²) in [6.45, 7) is 2.00. The molecule has 0 bridgehead atoms. The molecule has 118 valence electrons. The van der Waals surface area contributed by atoms with Gasteiger partial charge in [0.05, 0.1) is 4.53 Å². The van der Waals surface area contributed by atoms with Crippen LogP contribution in [0.5, 0.6) is 0 Å². The highest BCUT2D eigenvalue weighted by Crippen LogP contribution is 2.19. The number of nitrogens with zero attached hydrogens (tertiary/aromatic N) is 3. The molecule has 4 nitrogen and oxygen atoms in total. The van der Waals surface area contributed by atoms with Crippen molar-refractivity contribution in [3.8, 4) is 11.4 Å². The van der Waals surface area contributed by atoms with Crippen LogP contribution in [0.1, 0.15) is 11.1 Å². The third kappa shape index (κ3) is 2.52. The smallest absolute Gasteiger partial charge is 0.267 e. The monoisotopic (exact) mass is 353 g/mol. The molecule has 0 atom stereocenters. The minimum atomic E-state index is -0.128. The van der Waals surface area contributed by atoms with Gasteiger partial charge in [-0.3, -0.25) is 4.79 Å². The molecule has 0 saturated carbocycles. The second kappa shape index (κ2) is 5.85. The highest BCUT2D eigenvalue weighted by atomic mass is 35.5. The second-order valence-electron chi connectivity index (χ2n) is 5.45. The molecule has 24 heavy (non-hydrogen) atoms. The molecular formula is C18H12ClN3OS. The predicted octanol–water partition coefficient (Wildman–Crippen LogP) is 3.33. The lowest BCUT2D eigenvalue weighted by atomic mass is 10.1. The maximum atomic E-state index is 12.8. The number of hydrogen-bond donors (Lipinski definition) is 0. The topological polar surface area (TPSA) is 47.3 Å². The lowest BCUT2D eigenvalue weighted by Crippen LogP contribution is -2.23. The number of aryl methyl sites for hydroxylation is 1. The molecule has 0 aliphatic heterocycles. The molecule has 0 aliphatic carbocycles. The Balaban J connectivity index is 1.95. The molecule has 0 unspecified atom stereocenters. The van der Waals surface area contributed by atoms with Crippen molar-refractivity contribution in [1.29, 1.82) is 0 Å². The standard InChI is InChI=1S/C18H12ClN3OS/c1-11-5-4-7-13(9-11)16-20-21-18-22(16)17(23)15(24-18)10-12-6-2-3-8-14(12)19/h2-10H,1H3. The van der Waals surface area contributed by atoms with Crippen LogP contribution in [0.3, 0.4) is 0 Å². The van der Waals surface area contributed by atoms with Crippen molar-refractivity contribution in [2.75, 3.05) is 0 Å². The van der Waals surface area contributed by atoms with Crippen molar-refractivity contribution in [2.45, 2.75) is 6.92 Å². The molecule has 0 spiro atoms. The van der Waals surface area contributed by atoms with E-state index in [0.29, 0.717) is 20.3 Å². The van der Waals surface area contributed by atoms with Gasteiger partial charge < -0.3 is 0 Å². The zero-order chi connectivity index (χ0) is 16.7.